The van der Waals surface area contributed by atoms with Crippen molar-refractivity contribution < 1.29 is 109 Å². The summed E-state index contributed by atoms with van der Waals surface area (Å²) in [6.45, 7) is 24.0. The van der Waals surface area contributed by atoms with Crippen LogP contribution in [0, 0.1) is 0 Å². The lowest BCUT2D eigenvalue weighted by Crippen LogP contribution is -2.37. The lowest BCUT2D eigenvalue weighted by Gasteiger charge is -2.24. The highest BCUT2D eigenvalue weighted by molar-refractivity contribution is 5.75. The molecule has 0 amide bonds. The van der Waals surface area contributed by atoms with Crippen molar-refractivity contribution in [3.63, 3.8) is 0 Å². The third kappa shape index (κ3) is 63.1. The van der Waals surface area contributed by atoms with Crippen molar-refractivity contribution in [2.75, 3.05) is 272 Å². The zero-order chi connectivity index (χ0) is 52.9. The van der Waals surface area contributed by atoms with Crippen LogP contribution in [0.15, 0.2) is 0 Å². The maximum atomic E-state index is 12.7. The maximum absolute atomic E-state index is 12.7. The number of esters is 1. The number of ether oxygens (including phenoxy) is 22. The van der Waals surface area contributed by atoms with Crippen LogP contribution in [-0.2, 0) is 109 Å². The summed E-state index contributed by atoms with van der Waals surface area (Å²) in [6.07, 6.45) is 2.10. The predicted octanol–water partition coefficient (Wildman–Crippen LogP) is 2.48. The topological polar surface area (TPSA) is 220 Å². The normalized spacial score (nSPS) is 12.3. The van der Waals surface area contributed by atoms with Gasteiger partial charge >= 0.3 is 5.97 Å². The molecule has 0 radical (unpaired) electrons. The molecule has 0 aliphatic heterocycles. The second-order valence-corrected chi connectivity index (χ2v) is 16.4. The molecule has 0 aromatic rings. The minimum absolute atomic E-state index is 0.0208. The van der Waals surface area contributed by atoms with Crippen molar-refractivity contribution >= 4 is 5.97 Å². The fraction of sp³-hybridized carbons (Fsp3) is 0.980. The van der Waals surface area contributed by atoms with Crippen molar-refractivity contribution in [3.8, 4) is 0 Å². The predicted molar refractivity (Wildman–Crippen MR) is 268 cm³/mol. The number of rotatable bonds is 64. The van der Waals surface area contributed by atoms with Crippen LogP contribution in [0.5, 0.6) is 0 Å². The average Bonchev–Trinajstić information content (AvgIpc) is 3.37. The number of carbonyl (C=O) groups excluding carboxylic acids is 1. The fourth-order valence-electron chi connectivity index (χ4n) is 5.36. The van der Waals surface area contributed by atoms with E-state index in [2.05, 4.69) is 0 Å². The summed E-state index contributed by atoms with van der Waals surface area (Å²) in [5, 5.41) is 0. The first-order valence-corrected chi connectivity index (χ1v) is 26.1. The summed E-state index contributed by atoms with van der Waals surface area (Å²) in [5.41, 5.74) is -0.667. The number of methoxy groups -OCH3 is 2. The molecular formula is C50H100O23. The minimum atomic E-state index is -0.902. The summed E-state index contributed by atoms with van der Waals surface area (Å²) in [7, 11) is 3.29. The van der Waals surface area contributed by atoms with Gasteiger partial charge in [0.15, 0.2) is 6.10 Å². The Bertz CT molecular complexity index is 1050. The highest BCUT2D eigenvalue weighted by Crippen LogP contribution is 2.10. The number of hydrogen-bond donors (Lipinski definition) is 0. The summed E-state index contributed by atoms with van der Waals surface area (Å²) >= 11 is 0. The van der Waals surface area contributed by atoms with Gasteiger partial charge in [-0.3, -0.25) is 0 Å². The van der Waals surface area contributed by atoms with Gasteiger partial charge in [-0.1, -0.05) is 0 Å². The minimum Gasteiger partial charge on any atom is -0.458 e. The molecule has 0 rings (SSSR count). The summed E-state index contributed by atoms with van der Waals surface area (Å²) < 4.78 is 120. The Labute approximate surface area is 437 Å². The molecule has 1 unspecified atom stereocenters. The van der Waals surface area contributed by atoms with Crippen LogP contribution in [0.1, 0.15) is 40.0 Å². The van der Waals surface area contributed by atoms with Crippen LogP contribution in [0.3, 0.4) is 0 Å². The molecule has 23 heteroatoms. The van der Waals surface area contributed by atoms with E-state index in [1.807, 2.05) is 0 Å². The van der Waals surface area contributed by atoms with E-state index in [9.17, 15) is 4.79 Å². The Hall–Kier alpha value is -1.37. The molecule has 438 valence electrons. The summed E-state index contributed by atoms with van der Waals surface area (Å²) in [4.78, 5) is 12.7. The number of hydrogen-bond acceptors (Lipinski definition) is 23. The fourth-order valence-corrected chi connectivity index (χ4v) is 5.36. The Balaban J connectivity index is 3.54. The standard InChI is InChI=1S/C50H100O23/c1-50(2,3)73-49(51)48(72-46-45-70-42-41-68-26-24-59-18-16-55-10-8-6-7-9-54-15-17-58-23-25-60-21-19-56-13-11-52-4)47-71-44-43-69-40-39-67-38-37-66-36-35-65-34-33-64-32-31-63-30-29-62-28-27-61-22-20-57-14-12-53-5/h48H,6-47H2,1-5H3. The van der Waals surface area contributed by atoms with E-state index >= 15 is 0 Å². The van der Waals surface area contributed by atoms with E-state index < -0.39 is 17.7 Å². The first-order valence-electron chi connectivity index (χ1n) is 26.1. The van der Waals surface area contributed by atoms with Crippen LogP contribution in [0.2, 0.25) is 0 Å². The Morgan fingerprint density at radius 3 is 0.712 bits per heavy atom. The van der Waals surface area contributed by atoms with E-state index in [1.54, 1.807) is 35.0 Å². The third-order valence-electron chi connectivity index (χ3n) is 9.01. The largest absolute Gasteiger partial charge is 0.458 e. The zero-order valence-corrected chi connectivity index (χ0v) is 45.7. The van der Waals surface area contributed by atoms with Gasteiger partial charge in [0.05, 0.1) is 244 Å². The van der Waals surface area contributed by atoms with Gasteiger partial charge < -0.3 is 104 Å². The van der Waals surface area contributed by atoms with Crippen molar-refractivity contribution in [2.45, 2.75) is 51.7 Å². The Morgan fingerprint density at radius 2 is 0.479 bits per heavy atom. The molecular weight excluding hydrogens is 969 g/mol. The van der Waals surface area contributed by atoms with Crippen LogP contribution in [0.4, 0.5) is 0 Å². The molecule has 0 aromatic heterocycles. The van der Waals surface area contributed by atoms with Gasteiger partial charge in [-0.25, -0.2) is 4.79 Å². The molecule has 73 heavy (non-hydrogen) atoms. The van der Waals surface area contributed by atoms with Crippen LogP contribution in [0.25, 0.3) is 0 Å². The van der Waals surface area contributed by atoms with Gasteiger partial charge in [0.25, 0.3) is 0 Å². The zero-order valence-electron chi connectivity index (χ0n) is 45.7. The second-order valence-electron chi connectivity index (χ2n) is 16.4. The van der Waals surface area contributed by atoms with Crippen LogP contribution < -0.4 is 0 Å². The third-order valence-corrected chi connectivity index (χ3v) is 9.01. The van der Waals surface area contributed by atoms with E-state index in [1.165, 1.54) is 0 Å². The van der Waals surface area contributed by atoms with Gasteiger partial charge in [-0.2, -0.15) is 0 Å². The van der Waals surface area contributed by atoms with Crippen molar-refractivity contribution in [1.29, 1.82) is 0 Å². The molecule has 0 N–H and O–H groups in total. The Kier molecular flexibility index (Phi) is 60.3. The van der Waals surface area contributed by atoms with E-state index in [-0.39, 0.29) is 26.4 Å². The van der Waals surface area contributed by atoms with E-state index in [0.29, 0.717) is 231 Å². The molecule has 23 nitrogen and oxygen atoms in total. The Morgan fingerprint density at radius 1 is 0.274 bits per heavy atom. The number of unbranched alkanes of at least 4 members (excludes halogenated alkanes) is 2. The van der Waals surface area contributed by atoms with Crippen molar-refractivity contribution in [2.24, 2.45) is 0 Å². The molecule has 0 spiro atoms. The average molecular weight is 1070 g/mol. The number of carbonyl (C=O) groups is 1. The van der Waals surface area contributed by atoms with E-state index in [0.717, 1.165) is 19.3 Å². The van der Waals surface area contributed by atoms with Gasteiger partial charge in [-0.15, -0.1) is 0 Å². The lowest BCUT2D eigenvalue weighted by atomic mass is 10.2. The highest BCUT2D eigenvalue weighted by Gasteiger charge is 2.26. The first-order chi connectivity index (χ1) is 35.9. The molecule has 0 heterocycles. The van der Waals surface area contributed by atoms with Crippen LogP contribution in [-0.4, -0.2) is 290 Å². The molecule has 0 aliphatic carbocycles. The molecule has 0 aromatic carbocycles. The SMILES string of the molecule is COCCOCCOCCOCCOCCCCCOCCOCCOCCOCCOC(COCCOCCOCCOCCOCCOCCOCCOCCOCCOCCOC)C(=O)OC(C)(C)C. The van der Waals surface area contributed by atoms with Gasteiger partial charge in [0.1, 0.15) is 5.60 Å². The van der Waals surface area contributed by atoms with Gasteiger partial charge in [0, 0.05) is 27.4 Å². The monoisotopic (exact) mass is 1070 g/mol. The first kappa shape index (κ1) is 71.6. The molecule has 0 aliphatic rings. The molecule has 1 atom stereocenters. The maximum Gasteiger partial charge on any atom is 0.338 e. The van der Waals surface area contributed by atoms with E-state index in [4.69, 9.17) is 104 Å². The van der Waals surface area contributed by atoms with Crippen LogP contribution >= 0.6 is 0 Å². The quantitative estimate of drug-likeness (QED) is 0.0631. The highest BCUT2D eigenvalue weighted by atomic mass is 16.6. The summed E-state index contributed by atoms with van der Waals surface area (Å²) in [5.74, 6) is -0.501. The molecule has 0 saturated heterocycles. The molecule has 0 saturated carbocycles. The van der Waals surface area contributed by atoms with Crippen molar-refractivity contribution in [1.82, 2.24) is 0 Å². The smallest absolute Gasteiger partial charge is 0.338 e. The second kappa shape index (κ2) is 61.5. The lowest BCUT2D eigenvalue weighted by molar-refractivity contribution is -0.174. The molecule has 0 bridgehead atoms. The molecule has 0 fully saturated rings. The van der Waals surface area contributed by atoms with Gasteiger partial charge in [-0.05, 0) is 40.0 Å². The van der Waals surface area contributed by atoms with Crippen molar-refractivity contribution in [3.05, 3.63) is 0 Å². The summed E-state index contributed by atoms with van der Waals surface area (Å²) in [6, 6.07) is 0. The van der Waals surface area contributed by atoms with Gasteiger partial charge in [0.2, 0.25) is 0 Å².